The highest BCUT2D eigenvalue weighted by molar-refractivity contribution is 5.91. The number of nitrogens with zero attached hydrogens (tertiary/aromatic N) is 3. The molecule has 0 bridgehead atoms. The highest BCUT2D eigenvalue weighted by Gasteiger charge is 2.41. The lowest BCUT2D eigenvalue weighted by Crippen LogP contribution is -2.50. The zero-order chi connectivity index (χ0) is 18.7. The van der Waals surface area contributed by atoms with Gasteiger partial charge in [0.1, 0.15) is 0 Å². The zero-order valence-electron chi connectivity index (χ0n) is 15.9. The summed E-state index contributed by atoms with van der Waals surface area (Å²) in [6, 6.07) is 10.8. The molecule has 5 heteroatoms. The van der Waals surface area contributed by atoms with Gasteiger partial charge in [0.05, 0.1) is 11.8 Å². The molecule has 3 heterocycles. The van der Waals surface area contributed by atoms with Gasteiger partial charge in [0, 0.05) is 44.6 Å². The predicted molar refractivity (Wildman–Crippen MR) is 105 cm³/mol. The number of benzene rings is 1. The summed E-state index contributed by atoms with van der Waals surface area (Å²) in [6.07, 6.45) is 11.1. The number of amides is 1. The number of carbonyl (C=O) groups excluding carboxylic acids is 1. The van der Waals surface area contributed by atoms with Crippen molar-refractivity contribution in [3.63, 3.8) is 0 Å². The van der Waals surface area contributed by atoms with E-state index in [1.807, 2.05) is 24.2 Å². The van der Waals surface area contributed by atoms with Crippen LogP contribution in [-0.4, -0.2) is 45.9 Å². The van der Waals surface area contributed by atoms with Crippen LogP contribution in [0.1, 0.15) is 42.7 Å². The van der Waals surface area contributed by atoms with Crippen molar-refractivity contribution >= 4 is 12.0 Å². The van der Waals surface area contributed by atoms with E-state index < -0.39 is 0 Å². The normalized spacial score (nSPS) is 22.4. The summed E-state index contributed by atoms with van der Waals surface area (Å²) in [5.41, 5.74) is 2.29. The SMILES string of the molecule is Cn1cc(/C=C/C(=O)N2CCC3(CC2)C[C@@H](c2ccccc2)CCO3)cn1. The number of hydrogen-bond acceptors (Lipinski definition) is 3. The lowest BCUT2D eigenvalue weighted by molar-refractivity contribution is -0.139. The van der Waals surface area contributed by atoms with Crippen molar-refractivity contribution in [1.82, 2.24) is 14.7 Å². The number of hydrogen-bond donors (Lipinski definition) is 0. The van der Waals surface area contributed by atoms with Crippen molar-refractivity contribution in [1.29, 1.82) is 0 Å². The van der Waals surface area contributed by atoms with Crippen LogP contribution < -0.4 is 0 Å². The quantitative estimate of drug-likeness (QED) is 0.784. The average molecular weight is 365 g/mol. The molecule has 2 fully saturated rings. The van der Waals surface area contributed by atoms with E-state index in [1.54, 1.807) is 17.0 Å². The van der Waals surface area contributed by atoms with Gasteiger partial charge in [0.25, 0.3) is 0 Å². The molecule has 0 unspecified atom stereocenters. The molecule has 1 aromatic heterocycles. The van der Waals surface area contributed by atoms with E-state index in [0.29, 0.717) is 5.92 Å². The van der Waals surface area contributed by atoms with E-state index >= 15 is 0 Å². The Hall–Kier alpha value is -2.40. The minimum Gasteiger partial charge on any atom is -0.375 e. The minimum absolute atomic E-state index is 0.0669. The van der Waals surface area contributed by atoms with Crippen molar-refractivity contribution in [2.24, 2.45) is 7.05 Å². The summed E-state index contributed by atoms with van der Waals surface area (Å²) in [4.78, 5) is 14.4. The maximum Gasteiger partial charge on any atom is 0.246 e. The molecule has 2 aliphatic heterocycles. The molecule has 1 aromatic carbocycles. The molecule has 5 nitrogen and oxygen atoms in total. The molecule has 142 valence electrons. The summed E-state index contributed by atoms with van der Waals surface area (Å²) >= 11 is 0. The Balaban J connectivity index is 1.35. The third kappa shape index (κ3) is 4.14. The molecule has 1 amide bonds. The van der Waals surface area contributed by atoms with Crippen LogP contribution in [0.3, 0.4) is 0 Å². The monoisotopic (exact) mass is 365 g/mol. The largest absolute Gasteiger partial charge is 0.375 e. The maximum absolute atomic E-state index is 12.5. The van der Waals surface area contributed by atoms with E-state index in [2.05, 4.69) is 35.4 Å². The lowest BCUT2D eigenvalue weighted by Gasteiger charge is -2.46. The second kappa shape index (κ2) is 7.69. The predicted octanol–water partition coefficient (Wildman–Crippen LogP) is 3.39. The Morgan fingerprint density at radius 3 is 2.74 bits per heavy atom. The lowest BCUT2D eigenvalue weighted by atomic mass is 9.77. The summed E-state index contributed by atoms with van der Waals surface area (Å²) in [7, 11) is 1.87. The first-order valence-electron chi connectivity index (χ1n) is 9.78. The van der Waals surface area contributed by atoms with Crippen molar-refractivity contribution < 1.29 is 9.53 Å². The molecule has 0 saturated carbocycles. The molecular formula is C22H27N3O2. The van der Waals surface area contributed by atoms with Gasteiger partial charge in [0.15, 0.2) is 0 Å². The van der Waals surface area contributed by atoms with Gasteiger partial charge >= 0.3 is 0 Å². The van der Waals surface area contributed by atoms with E-state index in [0.717, 1.165) is 50.9 Å². The fraction of sp³-hybridized carbons (Fsp3) is 0.455. The van der Waals surface area contributed by atoms with Gasteiger partial charge in [-0.2, -0.15) is 5.10 Å². The Morgan fingerprint density at radius 2 is 2.04 bits per heavy atom. The van der Waals surface area contributed by atoms with Crippen LogP contribution in [0.4, 0.5) is 0 Å². The van der Waals surface area contributed by atoms with Gasteiger partial charge in [-0.25, -0.2) is 0 Å². The van der Waals surface area contributed by atoms with Crippen LogP contribution in [0, 0.1) is 0 Å². The Labute approximate surface area is 160 Å². The molecule has 0 radical (unpaired) electrons. The molecule has 0 N–H and O–H groups in total. The molecule has 0 aliphatic carbocycles. The van der Waals surface area contributed by atoms with E-state index in [1.165, 1.54) is 5.56 Å². The molecule has 1 atom stereocenters. The minimum atomic E-state index is -0.0669. The van der Waals surface area contributed by atoms with Crippen molar-refractivity contribution in [3.8, 4) is 0 Å². The van der Waals surface area contributed by atoms with Crippen LogP contribution in [-0.2, 0) is 16.6 Å². The molecular weight excluding hydrogens is 338 g/mol. The van der Waals surface area contributed by atoms with Crippen LogP contribution >= 0.6 is 0 Å². The maximum atomic E-state index is 12.5. The summed E-state index contributed by atoms with van der Waals surface area (Å²) < 4.78 is 7.99. The molecule has 2 saturated heterocycles. The number of aryl methyl sites for hydroxylation is 1. The second-order valence-corrected chi connectivity index (χ2v) is 7.74. The van der Waals surface area contributed by atoms with Crippen LogP contribution in [0.15, 0.2) is 48.8 Å². The number of aromatic nitrogens is 2. The smallest absolute Gasteiger partial charge is 0.246 e. The third-order valence-electron chi connectivity index (χ3n) is 5.89. The van der Waals surface area contributed by atoms with Gasteiger partial charge in [-0.3, -0.25) is 9.48 Å². The van der Waals surface area contributed by atoms with E-state index in [4.69, 9.17) is 4.74 Å². The Kier molecular flexibility index (Phi) is 5.12. The summed E-state index contributed by atoms with van der Waals surface area (Å²) in [5.74, 6) is 0.636. The van der Waals surface area contributed by atoms with Crippen molar-refractivity contribution in [2.75, 3.05) is 19.7 Å². The second-order valence-electron chi connectivity index (χ2n) is 7.74. The van der Waals surface area contributed by atoms with Crippen LogP contribution in [0.5, 0.6) is 0 Å². The fourth-order valence-electron chi connectivity index (χ4n) is 4.32. The topological polar surface area (TPSA) is 47.4 Å². The Morgan fingerprint density at radius 1 is 1.26 bits per heavy atom. The van der Waals surface area contributed by atoms with E-state index in [9.17, 15) is 4.79 Å². The van der Waals surface area contributed by atoms with Crippen molar-refractivity contribution in [3.05, 3.63) is 59.9 Å². The average Bonchev–Trinajstić information content (AvgIpc) is 3.13. The van der Waals surface area contributed by atoms with Gasteiger partial charge in [-0.05, 0) is 43.2 Å². The number of piperidine rings is 1. The number of likely N-dealkylation sites (tertiary alicyclic amines) is 1. The fourth-order valence-corrected chi connectivity index (χ4v) is 4.32. The summed E-state index contributed by atoms with van der Waals surface area (Å²) in [6.45, 7) is 2.34. The van der Waals surface area contributed by atoms with Gasteiger partial charge in [0.2, 0.25) is 5.91 Å². The number of carbonyl (C=O) groups is 1. The first-order valence-corrected chi connectivity index (χ1v) is 9.78. The first-order chi connectivity index (χ1) is 13.1. The molecule has 27 heavy (non-hydrogen) atoms. The van der Waals surface area contributed by atoms with Crippen LogP contribution in [0.2, 0.25) is 0 Å². The highest BCUT2D eigenvalue weighted by atomic mass is 16.5. The van der Waals surface area contributed by atoms with Gasteiger partial charge < -0.3 is 9.64 Å². The number of ether oxygens (including phenoxy) is 1. The number of rotatable bonds is 3. The van der Waals surface area contributed by atoms with Gasteiger partial charge in [-0.1, -0.05) is 30.3 Å². The van der Waals surface area contributed by atoms with Crippen molar-refractivity contribution in [2.45, 2.75) is 37.2 Å². The molecule has 4 rings (SSSR count). The van der Waals surface area contributed by atoms with E-state index in [-0.39, 0.29) is 11.5 Å². The van der Waals surface area contributed by atoms with Crippen LogP contribution in [0.25, 0.3) is 6.08 Å². The molecule has 1 spiro atoms. The molecule has 2 aliphatic rings. The third-order valence-corrected chi connectivity index (χ3v) is 5.89. The molecule has 2 aromatic rings. The summed E-state index contributed by atoms with van der Waals surface area (Å²) in [5, 5.41) is 4.12. The van der Waals surface area contributed by atoms with Gasteiger partial charge in [-0.15, -0.1) is 0 Å². The highest BCUT2D eigenvalue weighted by Crippen LogP contribution is 2.41. The standard InChI is InChI=1S/C22H27N3O2/c1-24-17-18(16-23-24)7-8-21(26)25-12-10-22(11-13-25)15-20(9-14-27-22)19-5-3-2-4-6-19/h2-8,16-17,20H,9-15H2,1H3/b8-7+/t20-/m0/s1. The first kappa shape index (κ1) is 18.0. The Bertz CT molecular complexity index is 804. The zero-order valence-corrected chi connectivity index (χ0v) is 15.9.